The Bertz CT molecular complexity index is 1030. The zero-order valence-corrected chi connectivity index (χ0v) is 18.6. The van der Waals surface area contributed by atoms with E-state index in [9.17, 15) is 9.59 Å². The summed E-state index contributed by atoms with van der Waals surface area (Å²) >= 11 is 3.07. The molecule has 0 saturated carbocycles. The van der Waals surface area contributed by atoms with Gasteiger partial charge < -0.3 is 4.74 Å². The van der Waals surface area contributed by atoms with Gasteiger partial charge in [-0.1, -0.05) is 54.2 Å². The van der Waals surface area contributed by atoms with Gasteiger partial charge in [-0.2, -0.15) is 0 Å². The molecular formula is C23H22N2O3S2. The van der Waals surface area contributed by atoms with E-state index in [1.807, 2.05) is 67.8 Å². The van der Waals surface area contributed by atoms with Crippen LogP contribution in [-0.4, -0.2) is 33.4 Å². The Morgan fingerprint density at radius 2 is 1.87 bits per heavy atom. The molecule has 0 bridgehead atoms. The quantitative estimate of drug-likeness (QED) is 0.496. The van der Waals surface area contributed by atoms with Gasteiger partial charge in [0, 0.05) is 4.90 Å². The first-order valence-corrected chi connectivity index (χ1v) is 11.7. The van der Waals surface area contributed by atoms with Crippen LogP contribution < -0.4 is 0 Å². The summed E-state index contributed by atoms with van der Waals surface area (Å²) in [6.45, 7) is 3.84. The summed E-state index contributed by atoms with van der Waals surface area (Å²) in [4.78, 5) is 33.5. The fourth-order valence-corrected chi connectivity index (χ4v) is 5.00. The number of esters is 1. The summed E-state index contributed by atoms with van der Waals surface area (Å²) in [6.07, 6.45) is 2.01. The number of ether oxygens (including phenoxy) is 1. The lowest BCUT2D eigenvalue weighted by Crippen LogP contribution is -2.40. The largest absolute Gasteiger partial charge is 0.457 e. The van der Waals surface area contributed by atoms with E-state index in [2.05, 4.69) is 4.99 Å². The summed E-state index contributed by atoms with van der Waals surface area (Å²) in [7, 11) is 0. The molecule has 1 saturated heterocycles. The van der Waals surface area contributed by atoms with E-state index in [0.29, 0.717) is 16.4 Å². The van der Waals surface area contributed by atoms with Crippen LogP contribution in [0.4, 0.5) is 0 Å². The van der Waals surface area contributed by atoms with E-state index in [1.165, 1.54) is 11.8 Å². The van der Waals surface area contributed by atoms with Crippen molar-refractivity contribution in [3.05, 3.63) is 77.0 Å². The van der Waals surface area contributed by atoms with E-state index >= 15 is 0 Å². The van der Waals surface area contributed by atoms with Crippen LogP contribution in [0, 0.1) is 0 Å². The minimum Gasteiger partial charge on any atom is -0.457 e. The standard InChI is InChI=1S/C23H22N2O3S2/c1-14-19(22(27)28-13-16-7-5-4-6-8-16)20(17-9-11-18(29-3)12-10-17)25-21(26)15(2)30-23(25)24-14/h4-12,15,20H,13H2,1-3H3/t15-,20-/m1/s1. The topological polar surface area (TPSA) is 59.0 Å². The first-order valence-electron chi connectivity index (χ1n) is 9.63. The predicted octanol–water partition coefficient (Wildman–Crippen LogP) is 4.80. The Morgan fingerprint density at radius 3 is 2.53 bits per heavy atom. The minimum atomic E-state index is -0.540. The van der Waals surface area contributed by atoms with Gasteiger partial charge in [0.15, 0.2) is 5.17 Å². The Balaban J connectivity index is 1.70. The van der Waals surface area contributed by atoms with Crippen molar-refractivity contribution >= 4 is 40.6 Å². The number of hydrogen-bond donors (Lipinski definition) is 0. The molecule has 1 fully saturated rings. The summed E-state index contributed by atoms with van der Waals surface area (Å²) in [5, 5.41) is 0.410. The fourth-order valence-electron chi connectivity index (χ4n) is 3.57. The molecule has 154 valence electrons. The number of hydrogen-bond acceptors (Lipinski definition) is 6. The van der Waals surface area contributed by atoms with Gasteiger partial charge in [0.05, 0.1) is 22.6 Å². The minimum absolute atomic E-state index is 0.0430. The molecule has 30 heavy (non-hydrogen) atoms. The van der Waals surface area contributed by atoms with Crippen molar-refractivity contribution in [2.45, 2.75) is 36.6 Å². The highest BCUT2D eigenvalue weighted by atomic mass is 32.2. The molecule has 2 heterocycles. The molecule has 2 aliphatic heterocycles. The van der Waals surface area contributed by atoms with Gasteiger partial charge in [-0.3, -0.25) is 9.69 Å². The SMILES string of the molecule is CSc1ccc([C@@H]2C(C(=O)OCc3ccccc3)=C(C)N=C3S[C@H](C)C(=O)N32)cc1. The molecule has 0 N–H and O–H groups in total. The van der Waals surface area contributed by atoms with Gasteiger partial charge in [0.25, 0.3) is 0 Å². The van der Waals surface area contributed by atoms with E-state index in [-0.39, 0.29) is 17.8 Å². The molecule has 0 aliphatic carbocycles. The van der Waals surface area contributed by atoms with Crippen molar-refractivity contribution in [3.8, 4) is 0 Å². The van der Waals surface area contributed by atoms with Crippen LogP contribution in [0.3, 0.4) is 0 Å². The van der Waals surface area contributed by atoms with Crippen molar-refractivity contribution < 1.29 is 14.3 Å². The monoisotopic (exact) mass is 438 g/mol. The number of aliphatic imine (C=N–C) groups is 1. The zero-order valence-electron chi connectivity index (χ0n) is 17.0. The maximum atomic E-state index is 13.2. The molecule has 2 aromatic rings. The van der Waals surface area contributed by atoms with E-state index in [1.54, 1.807) is 23.6 Å². The lowest BCUT2D eigenvalue weighted by atomic mass is 9.94. The zero-order chi connectivity index (χ0) is 21.3. The second kappa shape index (κ2) is 8.70. The number of benzene rings is 2. The van der Waals surface area contributed by atoms with E-state index < -0.39 is 12.0 Å². The fraction of sp³-hybridized carbons (Fsp3) is 0.261. The maximum Gasteiger partial charge on any atom is 0.338 e. The molecule has 5 nitrogen and oxygen atoms in total. The van der Waals surface area contributed by atoms with Crippen LogP contribution in [0.1, 0.15) is 31.0 Å². The predicted molar refractivity (Wildman–Crippen MR) is 121 cm³/mol. The normalized spacial score (nSPS) is 20.8. The van der Waals surface area contributed by atoms with Crippen molar-refractivity contribution in [1.29, 1.82) is 0 Å². The number of carbonyl (C=O) groups is 2. The Hall–Kier alpha value is -2.51. The summed E-state index contributed by atoms with van der Waals surface area (Å²) in [5.41, 5.74) is 2.78. The second-order valence-corrected chi connectivity index (χ2v) is 9.29. The van der Waals surface area contributed by atoms with Gasteiger partial charge in [-0.15, -0.1) is 11.8 Å². The third-order valence-electron chi connectivity index (χ3n) is 5.12. The second-order valence-electron chi connectivity index (χ2n) is 7.10. The highest BCUT2D eigenvalue weighted by molar-refractivity contribution is 8.15. The average Bonchev–Trinajstić information content (AvgIpc) is 3.05. The molecule has 0 aromatic heterocycles. The molecule has 0 unspecified atom stereocenters. The Kier molecular flexibility index (Phi) is 6.01. The lowest BCUT2D eigenvalue weighted by Gasteiger charge is -2.33. The number of fused-ring (bicyclic) bond motifs is 1. The van der Waals surface area contributed by atoms with Gasteiger partial charge >= 0.3 is 5.97 Å². The van der Waals surface area contributed by atoms with Crippen LogP contribution in [-0.2, 0) is 20.9 Å². The van der Waals surface area contributed by atoms with Crippen LogP contribution in [0.15, 0.2) is 75.8 Å². The number of nitrogens with zero attached hydrogens (tertiary/aromatic N) is 2. The van der Waals surface area contributed by atoms with Crippen LogP contribution in [0.25, 0.3) is 0 Å². The third kappa shape index (κ3) is 3.91. The van der Waals surface area contributed by atoms with Crippen LogP contribution >= 0.6 is 23.5 Å². The van der Waals surface area contributed by atoms with Crippen molar-refractivity contribution in [2.75, 3.05) is 6.26 Å². The number of thioether (sulfide) groups is 2. The Labute approximate surface area is 184 Å². The molecule has 7 heteroatoms. The van der Waals surface area contributed by atoms with Gasteiger partial charge in [-0.25, -0.2) is 9.79 Å². The molecular weight excluding hydrogens is 416 g/mol. The Morgan fingerprint density at radius 1 is 1.17 bits per heavy atom. The first kappa shape index (κ1) is 20.8. The van der Waals surface area contributed by atoms with Crippen molar-refractivity contribution in [2.24, 2.45) is 4.99 Å². The highest BCUT2D eigenvalue weighted by Gasteiger charge is 2.46. The molecule has 2 aromatic carbocycles. The molecule has 4 rings (SSSR count). The third-order valence-corrected chi connectivity index (χ3v) is 6.92. The summed E-state index contributed by atoms with van der Waals surface area (Å²) in [5.74, 6) is -0.492. The average molecular weight is 439 g/mol. The molecule has 2 atom stereocenters. The smallest absolute Gasteiger partial charge is 0.338 e. The maximum absolute atomic E-state index is 13.2. The molecule has 0 radical (unpaired) electrons. The number of amidine groups is 1. The number of carbonyl (C=O) groups excluding carboxylic acids is 2. The molecule has 2 aliphatic rings. The summed E-state index contributed by atoms with van der Waals surface area (Å²) < 4.78 is 5.63. The molecule has 0 spiro atoms. The number of rotatable bonds is 5. The lowest BCUT2D eigenvalue weighted by molar-refractivity contribution is -0.141. The van der Waals surface area contributed by atoms with Crippen molar-refractivity contribution in [3.63, 3.8) is 0 Å². The van der Waals surface area contributed by atoms with Crippen molar-refractivity contribution in [1.82, 2.24) is 4.90 Å². The van der Waals surface area contributed by atoms with Gasteiger partial charge in [0.2, 0.25) is 5.91 Å². The van der Waals surface area contributed by atoms with Gasteiger partial charge in [0.1, 0.15) is 6.61 Å². The highest BCUT2D eigenvalue weighted by Crippen LogP contribution is 2.43. The van der Waals surface area contributed by atoms with Gasteiger partial charge in [-0.05, 0) is 43.4 Å². The number of amides is 1. The van der Waals surface area contributed by atoms with Crippen LogP contribution in [0.2, 0.25) is 0 Å². The van der Waals surface area contributed by atoms with E-state index in [4.69, 9.17) is 4.74 Å². The van der Waals surface area contributed by atoms with Crippen LogP contribution in [0.5, 0.6) is 0 Å². The summed E-state index contributed by atoms with van der Waals surface area (Å²) in [6, 6.07) is 17.0. The van der Waals surface area contributed by atoms with E-state index in [0.717, 1.165) is 16.0 Å². The number of allylic oxidation sites excluding steroid dienone is 1. The molecule has 1 amide bonds. The first-order chi connectivity index (χ1) is 14.5.